The number of carbonyl (C=O) groups is 1. The summed E-state index contributed by atoms with van der Waals surface area (Å²) in [6.07, 6.45) is 9.52. The van der Waals surface area contributed by atoms with Crippen LogP contribution in [0.15, 0.2) is 58.9 Å². The highest BCUT2D eigenvalue weighted by molar-refractivity contribution is 6.09. The second-order valence-electron chi connectivity index (χ2n) is 11.8. The highest BCUT2D eigenvalue weighted by atomic mass is 16.5. The van der Waals surface area contributed by atoms with Crippen molar-refractivity contribution in [2.45, 2.75) is 83.6 Å². The molecular weight excluding hydrogens is 544 g/mol. The third kappa shape index (κ3) is 7.54. The van der Waals surface area contributed by atoms with Crippen molar-refractivity contribution in [1.29, 1.82) is 0 Å². The number of nitrogens with one attached hydrogen (secondary N) is 1. The number of aliphatic imine (C=N–C) groups is 1. The van der Waals surface area contributed by atoms with Crippen molar-refractivity contribution in [1.82, 2.24) is 10.2 Å². The van der Waals surface area contributed by atoms with Gasteiger partial charge in [-0.25, -0.2) is 0 Å². The number of phenolic OH excluding ortho intramolecular Hbond substituents is 1. The lowest BCUT2D eigenvalue weighted by Gasteiger charge is -2.27. The Morgan fingerprint density at radius 1 is 1.26 bits per heavy atom. The predicted octanol–water partition coefficient (Wildman–Crippen LogP) is 3.94. The van der Waals surface area contributed by atoms with E-state index in [0.29, 0.717) is 38.0 Å². The summed E-state index contributed by atoms with van der Waals surface area (Å²) in [5.41, 5.74) is 14.7. The number of aromatic hydroxyl groups is 1. The number of fused-ring (bicyclic) bond motifs is 2. The molecule has 230 valence electrons. The monoisotopic (exact) mass is 588 g/mol. The summed E-state index contributed by atoms with van der Waals surface area (Å²) in [5, 5.41) is 33.9. The number of ketones is 1. The molecule has 0 aromatic heterocycles. The molecule has 43 heavy (non-hydrogen) atoms. The van der Waals surface area contributed by atoms with Gasteiger partial charge in [0.05, 0.1) is 31.1 Å². The van der Waals surface area contributed by atoms with Gasteiger partial charge >= 0.3 is 0 Å². The normalized spacial score (nSPS) is 18.1. The van der Waals surface area contributed by atoms with Crippen LogP contribution < -0.4 is 15.8 Å². The molecule has 0 spiro atoms. The van der Waals surface area contributed by atoms with E-state index in [0.717, 1.165) is 71.3 Å². The zero-order valence-corrected chi connectivity index (χ0v) is 25.0. The van der Waals surface area contributed by atoms with Crippen molar-refractivity contribution in [3.05, 3.63) is 81.7 Å². The topological polar surface area (TPSA) is 141 Å². The van der Waals surface area contributed by atoms with Crippen LogP contribution in [0.5, 0.6) is 11.5 Å². The number of nitrogens with two attached hydrogens (primary N) is 1. The first-order valence-corrected chi connectivity index (χ1v) is 15.5. The molecule has 0 unspecified atom stereocenters. The fourth-order valence-corrected chi connectivity index (χ4v) is 6.14. The number of aliphatic hydroxyl groups is 2. The van der Waals surface area contributed by atoms with Crippen molar-refractivity contribution in [2.75, 3.05) is 19.8 Å². The molecule has 3 aliphatic heterocycles. The molecule has 0 radical (unpaired) electrons. The number of aliphatic hydroxyl groups excluding tert-OH is 2. The second kappa shape index (κ2) is 14.3. The Bertz CT molecular complexity index is 1420. The van der Waals surface area contributed by atoms with E-state index < -0.39 is 6.10 Å². The first-order valence-electron chi connectivity index (χ1n) is 15.5. The largest absolute Gasteiger partial charge is 0.504 e. The number of hydrogen-bond acceptors (Lipinski definition) is 9. The molecule has 0 bridgehead atoms. The molecule has 2 atom stereocenters. The number of carbonyl (C=O) groups excluding carboxylic acids is 1. The van der Waals surface area contributed by atoms with E-state index in [1.54, 1.807) is 18.2 Å². The Kier molecular flexibility index (Phi) is 10.3. The Hall–Kier alpha value is -3.50. The predicted molar refractivity (Wildman–Crippen MR) is 167 cm³/mol. The summed E-state index contributed by atoms with van der Waals surface area (Å²) in [6, 6.07) is 9.16. The molecule has 0 saturated carbocycles. The lowest BCUT2D eigenvalue weighted by Crippen LogP contribution is -2.36. The van der Waals surface area contributed by atoms with Crippen LogP contribution in [0.3, 0.4) is 0 Å². The van der Waals surface area contributed by atoms with Gasteiger partial charge in [0.2, 0.25) is 0 Å². The van der Waals surface area contributed by atoms with Gasteiger partial charge in [0.25, 0.3) is 0 Å². The number of phenols is 1. The first kappa shape index (κ1) is 30.9. The van der Waals surface area contributed by atoms with Gasteiger partial charge in [-0.2, -0.15) is 0 Å². The van der Waals surface area contributed by atoms with E-state index in [2.05, 4.69) is 17.2 Å². The van der Waals surface area contributed by atoms with E-state index in [1.165, 1.54) is 5.56 Å². The number of hydrogen-bond donors (Lipinski definition) is 5. The minimum absolute atomic E-state index is 0.0248. The van der Waals surface area contributed by atoms with Gasteiger partial charge < -0.3 is 30.7 Å². The van der Waals surface area contributed by atoms with E-state index in [4.69, 9.17) is 10.5 Å². The molecular formula is C34H44N4O5. The van der Waals surface area contributed by atoms with Crippen molar-refractivity contribution >= 4 is 11.5 Å². The number of allylic oxidation sites excluding steroid dienone is 1. The van der Waals surface area contributed by atoms with E-state index in [9.17, 15) is 20.1 Å². The maximum atomic E-state index is 12.4. The smallest absolute Gasteiger partial charge is 0.163 e. The third-order valence-electron chi connectivity index (χ3n) is 8.58. The summed E-state index contributed by atoms with van der Waals surface area (Å²) in [5.74, 6) is 0.455. The van der Waals surface area contributed by atoms with Gasteiger partial charge in [0.1, 0.15) is 5.78 Å². The Labute approximate surface area is 253 Å². The number of aryl methyl sites for hydroxylation is 1. The van der Waals surface area contributed by atoms with Crippen molar-refractivity contribution in [2.24, 2.45) is 10.7 Å². The maximum absolute atomic E-state index is 12.4. The molecule has 0 amide bonds. The number of rotatable bonds is 15. The molecule has 9 nitrogen and oxygen atoms in total. The number of unbranched alkanes of at least 4 members (excludes halogenated alkanes) is 2. The van der Waals surface area contributed by atoms with E-state index >= 15 is 0 Å². The Morgan fingerprint density at radius 3 is 2.93 bits per heavy atom. The first-order chi connectivity index (χ1) is 20.9. The molecule has 0 fully saturated rings. The van der Waals surface area contributed by atoms with Gasteiger partial charge in [-0.3, -0.25) is 15.1 Å². The van der Waals surface area contributed by atoms with Crippen LogP contribution in [-0.2, 0) is 30.7 Å². The van der Waals surface area contributed by atoms with Crippen LogP contribution in [0.2, 0.25) is 0 Å². The summed E-state index contributed by atoms with van der Waals surface area (Å²) >= 11 is 0. The van der Waals surface area contributed by atoms with Crippen LogP contribution in [0, 0.1) is 0 Å². The summed E-state index contributed by atoms with van der Waals surface area (Å²) in [7, 11) is 0. The average Bonchev–Trinajstić information content (AvgIpc) is 3.57. The highest BCUT2D eigenvalue weighted by Crippen LogP contribution is 2.34. The molecule has 2 aromatic rings. The summed E-state index contributed by atoms with van der Waals surface area (Å²) < 4.78 is 6.01. The number of Topliss-reactive ketones (excluding diaryl/α,β-unsaturated/α-hetero) is 1. The summed E-state index contributed by atoms with van der Waals surface area (Å²) in [6.45, 7) is 3.73. The van der Waals surface area contributed by atoms with E-state index in [-0.39, 0.29) is 37.5 Å². The van der Waals surface area contributed by atoms with E-state index in [1.807, 2.05) is 29.4 Å². The molecule has 5 rings (SSSR count). The molecule has 9 heteroatoms. The molecule has 0 aliphatic carbocycles. The number of nitrogens with zero attached hydrogens (tertiary/aromatic N) is 2. The molecule has 6 N–H and O–H groups in total. The SMILES string of the molecule is CCCCC[C@@H](O)CC(=O)CCc1ccc(O)c(OCN2C=C3C(Cc4c(CO)ccc5c4CCN[C@@H]5N)=CN=C3C2)c1. The Balaban J connectivity index is 1.17. The van der Waals surface area contributed by atoms with Crippen LogP contribution in [0.4, 0.5) is 0 Å². The van der Waals surface area contributed by atoms with Crippen molar-refractivity contribution in [3.8, 4) is 11.5 Å². The maximum Gasteiger partial charge on any atom is 0.163 e. The average molecular weight is 589 g/mol. The fourth-order valence-electron chi connectivity index (χ4n) is 6.14. The minimum atomic E-state index is -0.572. The van der Waals surface area contributed by atoms with Gasteiger partial charge in [-0.05, 0) is 64.8 Å². The second-order valence-corrected chi connectivity index (χ2v) is 11.8. The molecule has 3 aliphatic rings. The highest BCUT2D eigenvalue weighted by Gasteiger charge is 2.29. The van der Waals surface area contributed by atoms with Gasteiger partial charge in [0, 0.05) is 43.8 Å². The molecule has 0 saturated heterocycles. The lowest BCUT2D eigenvalue weighted by atomic mass is 9.86. The minimum Gasteiger partial charge on any atom is -0.504 e. The fraction of sp³-hybridized carbons (Fsp3) is 0.471. The zero-order chi connectivity index (χ0) is 30.3. The van der Waals surface area contributed by atoms with Gasteiger partial charge in [0.15, 0.2) is 18.2 Å². The van der Waals surface area contributed by atoms with Gasteiger partial charge in [-0.15, -0.1) is 0 Å². The third-order valence-corrected chi connectivity index (χ3v) is 8.58. The zero-order valence-electron chi connectivity index (χ0n) is 25.0. The van der Waals surface area contributed by atoms with Crippen molar-refractivity contribution < 1.29 is 24.9 Å². The standard InChI is InChI=1S/C34H44N4O5/c1-2-3-4-5-25(40)16-26(41)9-6-22-7-11-32(42)33(14-22)43-21-38-18-30-24(17-37-31(30)19-38)15-29-23(20-39)8-10-28-27(29)12-13-36-34(28)35/h7-8,10-11,14,17-18,25,34,36,39-40,42H,2-6,9,12-13,15-16,19-21,35H2,1H3/t25-,34+/m1/s1. The van der Waals surface area contributed by atoms with Crippen LogP contribution in [0.25, 0.3) is 0 Å². The molecule has 3 heterocycles. The van der Waals surface area contributed by atoms with Crippen LogP contribution >= 0.6 is 0 Å². The quantitative estimate of drug-likeness (QED) is 0.197. The summed E-state index contributed by atoms with van der Waals surface area (Å²) in [4.78, 5) is 19.1. The van der Waals surface area contributed by atoms with Crippen LogP contribution in [-0.4, -0.2) is 57.6 Å². The van der Waals surface area contributed by atoms with Crippen LogP contribution in [0.1, 0.15) is 79.4 Å². The number of benzene rings is 2. The number of ether oxygens (including phenoxy) is 1. The lowest BCUT2D eigenvalue weighted by molar-refractivity contribution is -0.121. The van der Waals surface area contributed by atoms with Crippen molar-refractivity contribution in [3.63, 3.8) is 0 Å². The molecule has 2 aromatic carbocycles. The Morgan fingerprint density at radius 2 is 2.12 bits per heavy atom. The van der Waals surface area contributed by atoms with Gasteiger partial charge in [-0.1, -0.05) is 44.4 Å².